The van der Waals surface area contributed by atoms with Crippen LogP contribution in [0.25, 0.3) is 0 Å². The van der Waals surface area contributed by atoms with E-state index in [9.17, 15) is 0 Å². The van der Waals surface area contributed by atoms with E-state index < -0.39 is 0 Å². The first-order valence-electron chi connectivity index (χ1n) is 6.93. The van der Waals surface area contributed by atoms with Crippen LogP contribution in [-0.2, 0) is 6.54 Å². The van der Waals surface area contributed by atoms with Crippen molar-refractivity contribution < 1.29 is 4.42 Å². The van der Waals surface area contributed by atoms with Crippen molar-refractivity contribution in [3.63, 3.8) is 0 Å². The third kappa shape index (κ3) is 3.17. The Morgan fingerprint density at radius 3 is 2.85 bits per heavy atom. The zero-order valence-electron chi connectivity index (χ0n) is 11.5. The van der Waals surface area contributed by atoms with Gasteiger partial charge in [-0.25, -0.2) is 0 Å². The van der Waals surface area contributed by atoms with Crippen molar-refractivity contribution in [2.45, 2.75) is 44.4 Å². The average Bonchev–Trinajstić information content (AvgIpc) is 2.96. The highest BCUT2D eigenvalue weighted by Crippen LogP contribution is 2.39. The summed E-state index contributed by atoms with van der Waals surface area (Å²) < 4.78 is 6.66. The van der Waals surface area contributed by atoms with Crippen LogP contribution in [-0.4, -0.2) is 17.0 Å². The third-order valence-corrected chi connectivity index (χ3v) is 5.43. The van der Waals surface area contributed by atoms with Crippen LogP contribution in [0.5, 0.6) is 0 Å². The quantitative estimate of drug-likeness (QED) is 0.846. The second kappa shape index (κ2) is 6.02. The first-order valence-corrected chi connectivity index (χ1v) is 8.60. The first-order chi connectivity index (χ1) is 9.65. The van der Waals surface area contributed by atoms with Gasteiger partial charge in [-0.15, -0.1) is 11.3 Å². The fourth-order valence-corrected chi connectivity index (χ4v) is 4.33. The van der Waals surface area contributed by atoms with E-state index in [1.54, 1.807) is 17.6 Å². The second-order valence-corrected chi connectivity index (χ2v) is 7.31. The Balaban J connectivity index is 1.86. The molecule has 3 nitrogen and oxygen atoms in total. The van der Waals surface area contributed by atoms with Gasteiger partial charge in [-0.2, -0.15) is 0 Å². The van der Waals surface area contributed by atoms with E-state index in [2.05, 4.69) is 39.2 Å². The van der Waals surface area contributed by atoms with E-state index in [1.165, 1.54) is 17.7 Å². The first kappa shape index (κ1) is 14.3. The predicted molar refractivity (Wildman–Crippen MR) is 85.7 cm³/mol. The lowest BCUT2D eigenvalue weighted by atomic mass is 10.1. The Morgan fingerprint density at radius 1 is 1.55 bits per heavy atom. The topological polar surface area (TPSA) is 42.4 Å². The van der Waals surface area contributed by atoms with Gasteiger partial charge in [0.25, 0.3) is 0 Å². The van der Waals surface area contributed by atoms with Crippen LogP contribution in [0.1, 0.15) is 36.4 Å². The SMILES string of the molecule is CC(N)C(c1cc(Br)cs1)N(Cc1ccco1)C1CC1. The molecule has 1 aliphatic rings. The molecule has 0 aromatic carbocycles. The largest absolute Gasteiger partial charge is 0.468 e. The Morgan fingerprint density at radius 2 is 2.35 bits per heavy atom. The normalized spacial score (nSPS) is 18.4. The van der Waals surface area contributed by atoms with Crippen LogP contribution in [0.3, 0.4) is 0 Å². The molecule has 2 aromatic heterocycles. The second-order valence-electron chi connectivity index (χ2n) is 5.45. The molecular formula is C15H19BrN2OS. The van der Waals surface area contributed by atoms with Gasteiger partial charge in [0.15, 0.2) is 0 Å². The van der Waals surface area contributed by atoms with Crippen molar-refractivity contribution in [3.8, 4) is 0 Å². The van der Waals surface area contributed by atoms with E-state index in [0.717, 1.165) is 16.8 Å². The fraction of sp³-hybridized carbons (Fsp3) is 0.467. The maximum absolute atomic E-state index is 6.29. The van der Waals surface area contributed by atoms with Crippen LogP contribution < -0.4 is 5.73 Å². The maximum Gasteiger partial charge on any atom is 0.117 e. The summed E-state index contributed by atoms with van der Waals surface area (Å²) in [4.78, 5) is 3.83. The Bertz CT molecular complexity index is 548. The standard InChI is InChI=1S/C15H19BrN2OS/c1-10(17)15(14-7-11(16)9-20-14)18(12-4-5-12)8-13-3-2-6-19-13/h2-3,6-7,9-10,12,15H,4-5,8,17H2,1H3. The van der Waals surface area contributed by atoms with Crippen molar-refractivity contribution in [1.82, 2.24) is 4.90 Å². The number of halogens is 1. The van der Waals surface area contributed by atoms with Crippen molar-refractivity contribution in [2.24, 2.45) is 5.73 Å². The molecule has 2 N–H and O–H groups in total. The zero-order chi connectivity index (χ0) is 14.1. The molecule has 2 heterocycles. The number of rotatable bonds is 6. The minimum atomic E-state index is 0.0936. The fourth-order valence-electron chi connectivity index (χ4n) is 2.65. The van der Waals surface area contributed by atoms with Crippen molar-refractivity contribution in [3.05, 3.63) is 45.0 Å². The number of thiophene rings is 1. The number of hydrogen-bond acceptors (Lipinski definition) is 4. The van der Waals surface area contributed by atoms with Gasteiger partial charge < -0.3 is 10.2 Å². The molecule has 1 fully saturated rings. The Hall–Kier alpha value is -0.620. The van der Waals surface area contributed by atoms with Gasteiger partial charge in [-0.3, -0.25) is 4.90 Å². The highest BCUT2D eigenvalue weighted by Gasteiger charge is 2.37. The summed E-state index contributed by atoms with van der Waals surface area (Å²) in [7, 11) is 0. The van der Waals surface area contributed by atoms with E-state index in [4.69, 9.17) is 10.2 Å². The van der Waals surface area contributed by atoms with Crippen molar-refractivity contribution >= 4 is 27.3 Å². The molecular weight excluding hydrogens is 336 g/mol. The number of nitrogens with zero attached hydrogens (tertiary/aromatic N) is 1. The van der Waals surface area contributed by atoms with Crippen molar-refractivity contribution in [1.29, 1.82) is 0 Å². The van der Waals surface area contributed by atoms with Gasteiger partial charge in [-0.1, -0.05) is 0 Å². The zero-order valence-corrected chi connectivity index (χ0v) is 13.9. The highest BCUT2D eigenvalue weighted by molar-refractivity contribution is 9.10. The average molecular weight is 355 g/mol. The summed E-state index contributed by atoms with van der Waals surface area (Å²) in [5.74, 6) is 1.01. The number of nitrogens with two attached hydrogens (primary N) is 1. The predicted octanol–water partition coefficient (Wildman–Crippen LogP) is 4.16. The van der Waals surface area contributed by atoms with Crippen LogP contribution >= 0.6 is 27.3 Å². The smallest absolute Gasteiger partial charge is 0.117 e. The van der Waals surface area contributed by atoms with Gasteiger partial charge >= 0.3 is 0 Å². The molecule has 0 amide bonds. The Kier molecular flexibility index (Phi) is 4.31. The molecule has 20 heavy (non-hydrogen) atoms. The minimum Gasteiger partial charge on any atom is -0.468 e. The lowest BCUT2D eigenvalue weighted by Crippen LogP contribution is -2.40. The van der Waals surface area contributed by atoms with Crippen molar-refractivity contribution in [2.75, 3.05) is 0 Å². The molecule has 2 unspecified atom stereocenters. The lowest BCUT2D eigenvalue weighted by Gasteiger charge is -2.33. The van der Waals surface area contributed by atoms with E-state index in [-0.39, 0.29) is 12.1 Å². The summed E-state index contributed by atoms with van der Waals surface area (Å²) in [6.07, 6.45) is 4.26. The van der Waals surface area contributed by atoms with E-state index >= 15 is 0 Å². The van der Waals surface area contributed by atoms with Crippen LogP contribution in [0.4, 0.5) is 0 Å². The molecule has 5 heteroatoms. The number of furan rings is 1. The molecule has 0 saturated heterocycles. The molecule has 108 valence electrons. The summed E-state index contributed by atoms with van der Waals surface area (Å²) >= 11 is 5.32. The van der Waals surface area contributed by atoms with Crippen LogP contribution in [0.15, 0.2) is 38.7 Å². The van der Waals surface area contributed by atoms with Gasteiger partial charge in [-0.05, 0) is 53.9 Å². The molecule has 2 aromatic rings. The summed E-state index contributed by atoms with van der Waals surface area (Å²) in [5, 5.41) is 2.13. The van der Waals surface area contributed by atoms with Crippen LogP contribution in [0.2, 0.25) is 0 Å². The summed E-state index contributed by atoms with van der Waals surface area (Å²) in [6.45, 7) is 2.93. The summed E-state index contributed by atoms with van der Waals surface area (Å²) in [5.41, 5.74) is 6.29. The van der Waals surface area contributed by atoms with Crippen LogP contribution in [0, 0.1) is 0 Å². The van der Waals surface area contributed by atoms with Gasteiger partial charge in [0.1, 0.15) is 5.76 Å². The van der Waals surface area contributed by atoms with Gasteiger partial charge in [0, 0.05) is 26.8 Å². The number of hydrogen-bond donors (Lipinski definition) is 1. The van der Waals surface area contributed by atoms with E-state index in [1.807, 2.05) is 12.1 Å². The monoisotopic (exact) mass is 354 g/mol. The Labute approximate surface area is 131 Å². The minimum absolute atomic E-state index is 0.0936. The lowest BCUT2D eigenvalue weighted by molar-refractivity contribution is 0.148. The summed E-state index contributed by atoms with van der Waals surface area (Å²) in [6, 6.07) is 7.16. The molecule has 0 aliphatic heterocycles. The molecule has 0 spiro atoms. The van der Waals surface area contributed by atoms with Gasteiger partial charge in [0.2, 0.25) is 0 Å². The highest BCUT2D eigenvalue weighted by atomic mass is 79.9. The molecule has 3 rings (SSSR count). The van der Waals surface area contributed by atoms with Gasteiger partial charge in [0.05, 0.1) is 18.8 Å². The molecule has 1 saturated carbocycles. The molecule has 0 radical (unpaired) electrons. The third-order valence-electron chi connectivity index (χ3n) is 3.67. The molecule has 2 atom stereocenters. The molecule has 1 aliphatic carbocycles. The maximum atomic E-state index is 6.29. The molecule has 0 bridgehead atoms. The van der Waals surface area contributed by atoms with E-state index in [0.29, 0.717) is 6.04 Å².